The van der Waals surface area contributed by atoms with Crippen molar-refractivity contribution in [1.82, 2.24) is 9.55 Å². The maximum absolute atomic E-state index is 11.1. The van der Waals surface area contributed by atoms with Gasteiger partial charge in [-0.15, -0.1) is 0 Å². The van der Waals surface area contributed by atoms with Gasteiger partial charge in [0.05, 0.1) is 13.4 Å². The summed E-state index contributed by atoms with van der Waals surface area (Å²) in [6.45, 7) is 4.10. The van der Waals surface area contributed by atoms with Gasteiger partial charge in [-0.25, -0.2) is 4.98 Å². The smallest absolute Gasteiger partial charge is 0.323 e. The van der Waals surface area contributed by atoms with E-state index in [4.69, 9.17) is 5.73 Å². The van der Waals surface area contributed by atoms with Crippen LogP contribution >= 0.6 is 0 Å². The molecule has 1 aromatic heterocycles. The highest BCUT2D eigenvalue weighted by molar-refractivity contribution is 5.75. The lowest BCUT2D eigenvalue weighted by molar-refractivity contribution is -0.142. The Morgan fingerprint density at radius 3 is 2.87 bits per heavy atom. The number of aromatic nitrogens is 2. The van der Waals surface area contributed by atoms with Gasteiger partial charge < -0.3 is 15.0 Å². The second-order valence-corrected chi connectivity index (χ2v) is 3.72. The van der Waals surface area contributed by atoms with E-state index in [1.165, 1.54) is 7.11 Å². The minimum atomic E-state index is -0.621. The van der Waals surface area contributed by atoms with Gasteiger partial charge in [0, 0.05) is 24.4 Å². The Hall–Kier alpha value is -1.36. The third-order valence-electron chi connectivity index (χ3n) is 2.24. The Morgan fingerprint density at radius 2 is 2.33 bits per heavy atom. The van der Waals surface area contributed by atoms with E-state index < -0.39 is 12.0 Å². The molecular formula is C10H17N3O2. The van der Waals surface area contributed by atoms with E-state index in [1.807, 2.05) is 4.57 Å². The number of methoxy groups -OCH3 is 1. The van der Waals surface area contributed by atoms with Crippen molar-refractivity contribution in [2.24, 2.45) is 5.73 Å². The molecule has 5 nitrogen and oxygen atoms in total. The highest BCUT2D eigenvalue weighted by Crippen LogP contribution is 2.10. The lowest BCUT2D eigenvalue weighted by Gasteiger charge is -2.14. The summed E-state index contributed by atoms with van der Waals surface area (Å²) in [4.78, 5) is 15.2. The first-order valence-corrected chi connectivity index (χ1v) is 4.90. The van der Waals surface area contributed by atoms with Crippen molar-refractivity contribution in [2.75, 3.05) is 7.11 Å². The number of carbonyl (C=O) groups is 1. The van der Waals surface area contributed by atoms with Gasteiger partial charge in [0.25, 0.3) is 0 Å². The van der Waals surface area contributed by atoms with Crippen LogP contribution in [0.5, 0.6) is 0 Å². The zero-order valence-corrected chi connectivity index (χ0v) is 9.30. The van der Waals surface area contributed by atoms with Crippen LogP contribution < -0.4 is 5.73 Å². The van der Waals surface area contributed by atoms with Crippen molar-refractivity contribution in [2.45, 2.75) is 32.4 Å². The number of hydrogen-bond acceptors (Lipinski definition) is 4. The Kier molecular flexibility index (Phi) is 3.85. The standard InChI is InChI=1S/C10H17N3O2/c1-7(2)13-6-12-5-8(13)4-9(11)10(14)15-3/h5-7,9H,4,11H2,1-3H3. The molecule has 0 saturated heterocycles. The van der Waals surface area contributed by atoms with Crippen LogP contribution in [0.2, 0.25) is 0 Å². The van der Waals surface area contributed by atoms with E-state index in [0.717, 1.165) is 5.69 Å². The average molecular weight is 211 g/mol. The molecule has 0 aromatic carbocycles. The summed E-state index contributed by atoms with van der Waals surface area (Å²) in [6, 6.07) is -0.309. The summed E-state index contributed by atoms with van der Waals surface area (Å²) < 4.78 is 6.56. The summed E-state index contributed by atoms with van der Waals surface area (Å²) in [5.74, 6) is -0.397. The van der Waals surface area contributed by atoms with Crippen molar-refractivity contribution in [3.8, 4) is 0 Å². The Morgan fingerprint density at radius 1 is 1.67 bits per heavy atom. The molecule has 1 atom stereocenters. The predicted molar refractivity (Wildman–Crippen MR) is 56.3 cm³/mol. The van der Waals surface area contributed by atoms with E-state index in [-0.39, 0.29) is 0 Å². The normalized spacial score (nSPS) is 12.9. The number of rotatable bonds is 4. The number of imidazole rings is 1. The van der Waals surface area contributed by atoms with Gasteiger partial charge in [-0.05, 0) is 13.8 Å². The molecule has 0 saturated carbocycles. The Balaban J connectivity index is 2.72. The second kappa shape index (κ2) is 4.93. The number of nitrogens with zero attached hydrogens (tertiary/aromatic N) is 2. The van der Waals surface area contributed by atoms with Crippen LogP contribution in [0.3, 0.4) is 0 Å². The summed E-state index contributed by atoms with van der Waals surface area (Å²) in [6.07, 6.45) is 3.91. The molecule has 84 valence electrons. The summed E-state index contributed by atoms with van der Waals surface area (Å²) in [7, 11) is 1.34. The van der Waals surface area contributed by atoms with Gasteiger partial charge in [0.15, 0.2) is 0 Å². The monoisotopic (exact) mass is 211 g/mol. The van der Waals surface area contributed by atoms with Crippen LogP contribution in [0.15, 0.2) is 12.5 Å². The fourth-order valence-electron chi connectivity index (χ4n) is 1.42. The fraction of sp³-hybridized carbons (Fsp3) is 0.600. The molecule has 2 N–H and O–H groups in total. The van der Waals surface area contributed by atoms with Gasteiger partial charge in [0.1, 0.15) is 6.04 Å². The number of esters is 1. The maximum atomic E-state index is 11.1. The van der Waals surface area contributed by atoms with Crippen molar-refractivity contribution >= 4 is 5.97 Å². The molecular weight excluding hydrogens is 194 g/mol. The zero-order chi connectivity index (χ0) is 11.4. The molecule has 1 rings (SSSR count). The van der Waals surface area contributed by atoms with Crippen LogP contribution in [-0.4, -0.2) is 28.7 Å². The van der Waals surface area contributed by atoms with E-state index in [1.54, 1.807) is 12.5 Å². The SMILES string of the molecule is COC(=O)C(N)Cc1cncn1C(C)C. The Labute approximate surface area is 89.2 Å². The first-order valence-electron chi connectivity index (χ1n) is 4.90. The molecule has 0 spiro atoms. The lowest BCUT2D eigenvalue weighted by Crippen LogP contribution is -2.34. The van der Waals surface area contributed by atoms with Gasteiger partial charge in [-0.3, -0.25) is 4.79 Å². The molecule has 0 aliphatic rings. The molecule has 1 heterocycles. The zero-order valence-electron chi connectivity index (χ0n) is 9.30. The largest absolute Gasteiger partial charge is 0.468 e. The molecule has 0 amide bonds. The van der Waals surface area contributed by atoms with Crippen molar-refractivity contribution < 1.29 is 9.53 Å². The van der Waals surface area contributed by atoms with Gasteiger partial charge >= 0.3 is 5.97 Å². The van der Waals surface area contributed by atoms with Gasteiger partial charge in [-0.1, -0.05) is 0 Å². The molecule has 0 aliphatic heterocycles. The van der Waals surface area contributed by atoms with Crippen LogP contribution in [0, 0.1) is 0 Å². The fourth-order valence-corrected chi connectivity index (χ4v) is 1.42. The molecule has 1 aromatic rings. The van der Waals surface area contributed by atoms with E-state index in [9.17, 15) is 4.79 Å². The van der Waals surface area contributed by atoms with Crippen LogP contribution in [-0.2, 0) is 16.0 Å². The first-order chi connectivity index (χ1) is 7.06. The molecule has 0 bridgehead atoms. The number of carbonyl (C=O) groups excluding carboxylic acids is 1. The van der Waals surface area contributed by atoms with Crippen LogP contribution in [0.4, 0.5) is 0 Å². The average Bonchev–Trinajstić information content (AvgIpc) is 2.64. The molecule has 5 heteroatoms. The summed E-state index contributed by atoms with van der Waals surface area (Å²) >= 11 is 0. The molecule has 0 fully saturated rings. The maximum Gasteiger partial charge on any atom is 0.323 e. The predicted octanol–water partition coefficient (Wildman–Crippen LogP) is 0.507. The lowest BCUT2D eigenvalue weighted by atomic mass is 10.1. The summed E-state index contributed by atoms with van der Waals surface area (Å²) in [5.41, 5.74) is 6.62. The van der Waals surface area contributed by atoms with Crippen molar-refractivity contribution in [1.29, 1.82) is 0 Å². The molecule has 1 unspecified atom stereocenters. The van der Waals surface area contributed by atoms with Crippen LogP contribution in [0.1, 0.15) is 25.6 Å². The summed E-state index contributed by atoms with van der Waals surface area (Å²) in [5, 5.41) is 0. The topological polar surface area (TPSA) is 70.1 Å². The number of hydrogen-bond donors (Lipinski definition) is 1. The van der Waals surface area contributed by atoms with E-state index in [0.29, 0.717) is 12.5 Å². The van der Waals surface area contributed by atoms with E-state index >= 15 is 0 Å². The van der Waals surface area contributed by atoms with Gasteiger partial charge in [0.2, 0.25) is 0 Å². The van der Waals surface area contributed by atoms with Crippen LogP contribution in [0.25, 0.3) is 0 Å². The second-order valence-electron chi connectivity index (χ2n) is 3.72. The molecule has 0 radical (unpaired) electrons. The number of ether oxygens (including phenoxy) is 1. The molecule has 15 heavy (non-hydrogen) atoms. The quantitative estimate of drug-likeness (QED) is 0.736. The highest BCUT2D eigenvalue weighted by atomic mass is 16.5. The third-order valence-corrected chi connectivity index (χ3v) is 2.24. The van der Waals surface area contributed by atoms with Gasteiger partial charge in [-0.2, -0.15) is 0 Å². The number of nitrogens with two attached hydrogens (primary N) is 1. The Bertz CT molecular complexity index is 333. The van der Waals surface area contributed by atoms with Crippen molar-refractivity contribution in [3.63, 3.8) is 0 Å². The minimum absolute atomic E-state index is 0.312. The van der Waals surface area contributed by atoms with E-state index in [2.05, 4.69) is 23.6 Å². The molecule has 0 aliphatic carbocycles. The highest BCUT2D eigenvalue weighted by Gasteiger charge is 2.17. The minimum Gasteiger partial charge on any atom is -0.468 e. The third kappa shape index (κ3) is 2.79. The van der Waals surface area contributed by atoms with Crippen molar-refractivity contribution in [3.05, 3.63) is 18.2 Å². The first kappa shape index (κ1) is 11.7.